The van der Waals surface area contributed by atoms with Gasteiger partial charge in [0.05, 0.1) is 35.2 Å². The van der Waals surface area contributed by atoms with Gasteiger partial charge in [-0.1, -0.05) is 31.5 Å². The summed E-state index contributed by atoms with van der Waals surface area (Å²) in [6.07, 6.45) is 4.76. The van der Waals surface area contributed by atoms with Gasteiger partial charge in [-0.25, -0.2) is 4.68 Å². The lowest BCUT2D eigenvalue weighted by molar-refractivity contribution is 0.102. The molecule has 0 atom stereocenters. The SMILES string of the molecule is CCCc1c(NC(=O)c2ccc(-c3ccco3)[nH]c2=O)cnn1-c1ccccc1. The number of rotatable bonds is 6. The van der Waals surface area contributed by atoms with E-state index in [1.165, 1.54) is 12.3 Å². The van der Waals surface area contributed by atoms with E-state index in [2.05, 4.69) is 22.3 Å². The summed E-state index contributed by atoms with van der Waals surface area (Å²) >= 11 is 0. The van der Waals surface area contributed by atoms with E-state index in [0.29, 0.717) is 17.1 Å². The Morgan fingerprint density at radius 3 is 2.66 bits per heavy atom. The first kappa shape index (κ1) is 18.5. The van der Waals surface area contributed by atoms with Gasteiger partial charge in [0.25, 0.3) is 11.5 Å². The molecule has 4 aromatic rings. The summed E-state index contributed by atoms with van der Waals surface area (Å²) in [5, 5.41) is 7.26. The molecule has 0 aliphatic carbocycles. The Labute approximate surface area is 167 Å². The highest BCUT2D eigenvalue weighted by molar-refractivity contribution is 6.04. The highest BCUT2D eigenvalue weighted by Crippen LogP contribution is 2.22. The largest absolute Gasteiger partial charge is 0.463 e. The van der Waals surface area contributed by atoms with Gasteiger partial charge in [0.1, 0.15) is 11.3 Å². The smallest absolute Gasteiger partial charge is 0.261 e. The summed E-state index contributed by atoms with van der Waals surface area (Å²) in [4.78, 5) is 27.9. The van der Waals surface area contributed by atoms with Gasteiger partial charge in [0, 0.05) is 0 Å². The fourth-order valence-electron chi connectivity index (χ4n) is 3.16. The lowest BCUT2D eigenvalue weighted by atomic mass is 10.2. The molecule has 0 fully saturated rings. The van der Waals surface area contributed by atoms with Gasteiger partial charge in [0.15, 0.2) is 0 Å². The maximum atomic E-state index is 12.7. The first-order valence-corrected chi connectivity index (χ1v) is 9.38. The molecule has 0 bridgehead atoms. The number of carbonyl (C=O) groups is 1. The van der Waals surface area contributed by atoms with Gasteiger partial charge < -0.3 is 14.7 Å². The third-order valence-electron chi connectivity index (χ3n) is 4.55. The van der Waals surface area contributed by atoms with Crippen molar-refractivity contribution in [3.63, 3.8) is 0 Å². The molecule has 3 heterocycles. The van der Waals surface area contributed by atoms with Crippen LogP contribution >= 0.6 is 0 Å². The average molecular weight is 388 g/mol. The predicted octanol–water partition coefficient (Wildman–Crippen LogP) is 4.03. The molecule has 0 unspecified atom stereocenters. The number of H-pyrrole nitrogens is 1. The Hall–Kier alpha value is -3.87. The lowest BCUT2D eigenvalue weighted by Crippen LogP contribution is -2.23. The minimum absolute atomic E-state index is 0.0233. The fourth-order valence-corrected chi connectivity index (χ4v) is 3.16. The van der Waals surface area contributed by atoms with Gasteiger partial charge in [-0.3, -0.25) is 9.59 Å². The van der Waals surface area contributed by atoms with Crippen molar-refractivity contribution < 1.29 is 9.21 Å². The van der Waals surface area contributed by atoms with Crippen LogP contribution in [0.2, 0.25) is 0 Å². The molecule has 3 aromatic heterocycles. The molecular weight excluding hydrogens is 368 g/mol. The number of aromatic nitrogens is 3. The number of furan rings is 1. The normalized spacial score (nSPS) is 10.8. The van der Waals surface area contributed by atoms with E-state index < -0.39 is 11.5 Å². The molecule has 0 aliphatic heterocycles. The maximum Gasteiger partial charge on any atom is 0.261 e. The molecule has 0 aliphatic rings. The molecule has 146 valence electrons. The first-order chi connectivity index (χ1) is 14.2. The summed E-state index contributed by atoms with van der Waals surface area (Å²) in [7, 11) is 0. The molecule has 0 radical (unpaired) electrons. The molecule has 7 nitrogen and oxygen atoms in total. The van der Waals surface area contributed by atoms with Crippen molar-refractivity contribution in [2.24, 2.45) is 0 Å². The topological polar surface area (TPSA) is 92.9 Å². The zero-order chi connectivity index (χ0) is 20.2. The molecule has 7 heteroatoms. The fraction of sp³-hybridized carbons (Fsp3) is 0.136. The summed E-state index contributed by atoms with van der Waals surface area (Å²) in [5.41, 5.74) is 2.45. The molecule has 0 saturated carbocycles. The quantitative estimate of drug-likeness (QED) is 0.522. The highest BCUT2D eigenvalue weighted by atomic mass is 16.3. The predicted molar refractivity (Wildman–Crippen MR) is 110 cm³/mol. The van der Waals surface area contributed by atoms with Crippen molar-refractivity contribution in [2.75, 3.05) is 5.32 Å². The van der Waals surface area contributed by atoms with Crippen molar-refractivity contribution in [3.8, 4) is 17.1 Å². The van der Waals surface area contributed by atoms with Crippen LogP contribution in [0.3, 0.4) is 0 Å². The van der Waals surface area contributed by atoms with E-state index in [4.69, 9.17) is 4.42 Å². The van der Waals surface area contributed by atoms with Crippen molar-refractivity contribution in [3.05, 3.63) is 88.7 Å². The van der Waals surface area contributed by atoms with Crippen LogP contribution in [-0.2, 0) is 6.42 Å². The zero-order valence-electron chi connectivity index (χ0n) is 15.9. The van der Waals surface area contributed by atoms with Crippen LogP contribution in [-0.4, -0.2) is 20.7 Å². The summed E-state index contributed by atoms with van der Waals surface area (Å²) < 4.78 is 7.09. The second-order valence-electron chi connectivity index (χ2n) is 6.55. The van der Waals surface area contributed by atoms with Crippen LogP contribution in [0.25, 0.3) is 17.1 Å². The molecule has 1 amide bonds. The van der Waals surface area contributed by atoms with E-state index in [1.807, 2.05) is 35.0 Å². The van der Waals surface area contributed by atoms with E-state index in [0.717, 1.165) is 24.2 Å². The molecule has 0 spiro atoms. The van der Waals surface area contributed by atoms with E-state index in [-0.39, 0.29) is 5.56 Å². The molecule has 0 saturated heterocycles. The van der Waals surface area contributed by atoms with Gasteiger partial charge in [-0.15, -0.1) is 0 Å². The number of hydrogen-bond donors (Lipinski definition) is 2. The number of anilines is 1. The third-order valence-corrected chi connectivity index (χ3v) is 4.55. The molecule has 4 rings (SSSR count). The summed E-state index contributed by atoms with van der Waals surface area (Å²) in [6, 6.07) is 16.3. The van der Waals surface area contributed by atoms with Gasteiger partial charge in [-0.05, 0) is 42.8 Å². The Bertz CT molecular complexity index is 1170. The van der Waals surface area contributed by atoms with Gasteiger partial charge in [0.2, 0.25) is 0 Å². The minimum Gasteiger partial charge on any atom is -0.463 e. The molecule has 2 N–H and O–H groups in total. The van der Waals surface area contributed by atoms with Crippen molar-refractivity contribution in [1.82, 2.24) is 14.8 Å². The second-order valence-corrected chi connectivity index (χ2v) is 6.55. The van der Waals surface area contributed by atoms with E-state index >= 15 is 0 Å². The van der Waals surface area contributed by atoms with Crippen LogP contribution in [0.1, 0.15) is 29.4 Å². The minimum atomic E-state index is -0.484. The Kier molecular flexibility index (Phi) is 5.11. The number of carbonyl (C=O) groups excluding carboxylic acids is 1. The Morgan fingerprint density at radius 2 is 1.97 bits per heavy atom. The number of nitrogens with zero attached hydrogens (tertiary/aromatic N) is 2. The van der Waals surface area contributed by atoms with Crippen LogP contribution in [0, 0.1) is 0 Å². The first-order valence-electron chi connectivity index (χ1n) is 9.38. The monoisotopic (exact) mass is 388 g/mol. The third kappa shape index (κ3) is 3.75. The number of hydrogen-bond acceptors (Lipinski definition) is 4. The van der Waals surface area contributed by atoms with Crippen LogP contribution < -0.4 is 10.9 Å². The number of benzene rings is 1. The molecule has 1 aromatic carbocycles. The second kappa shape index (κ2) is 8.02. The zero-order valence-corrected chi connectivity index (χ0v) is 15.9. The number of para-hydroxylation sites is 1. The molecular formula is C22H20N4O3. The standard InChI is InChI=1S/C22H20N4O3/c1-2-7-19-18(14-23-26(19)15-8-4-3-5-9-15)25-22(28)16-11-12-17(24-21(16)27)20-10-6-13-29-20/h3-6,8-14H,2,7H2,1H3,(H,24,27)(H,25,28). The Morgan fingerprint density at radius 1 is 1.14 bits per heavy atom. The number of nitrogens with one attached hydrogen (secondary N) is 2. The van der Waals surface area contributed by atoms with Crippen LogP contribution in [0.5, 0.6) is 0 Å². The average Bonchev–Trinajstić information content (AvgIpc) is 3.40. The highest BCUT2D eigenvalue weighted by Gasteiger charge is 2.17. The lowest BCUT2D eigenvalue weighted by Gasteiger charge is -2.10. The van der Waals surface area contributed by atoms with Gasteiger partial charge in [-0.2, -0.15) is 5.10 Å². The van der Waals surface area contributed by atoms with Crippen LogP contribution in [0.4, 0.5) is 5.69 Å². The van der Waals surface area contributed by atoms with Crippen molar-refractivity contribution >= 4 is 11.6 Å². The molecule has 29 heavy (non-hydrogen) atoms. The number of pyridine rings is 1. The number of amides is 1. The summed E-state index contributed by atoms with van der Waals surface area (Å²) in [6.45, 7) is 2.06. The Balaban J connectivity index is 1.62. The van der Waals surface area contributed by atoms with Gasteiger partial charge >= 0.3 is 0 Å². The van der Waals surface area contributed by atoms with Crippen molar-refractivity contribution in [2.45, 2.75) is 19.8 Å². The van der Waals surface area contributed by atoms with Crippen molar-refractivity contribution in [1.29, 1.82) is 0 Å². The van der Waals surface area contributed by atoms with E-state index in [1.54, 1.807) is 24.4 Å². The maximum absolute atomic E-state index is 12.7. The number of aromatic amines is 1. The van der Waals surface area contributed by atoms with E-state index in [9.17, 15) is 9.59 Å². The summed E-state index contributed by atoms with van der Waals surface area (Å²) in [5.74, 6) is 0.0469. The van der Waals surface area contributed by atoms with Crippen LogP contribution in [0.15, 0.2) is 76.3 Å².